The lowest BCUT2D eigenvalue weighted by Crippen LogP contribution is -2.30. The van der Waals surface area contributed by atoms with E-state index in [1.807, 2.05) is 6.92 Å². The lowest BCUT2D eigenvalue weighted by atomic mass is 10.1. The minimum absolute atomic E-state index is 0.0818. The third-order valence-electron chi connectivity index (χ3n) is 6.22. The molecule has 1 aliphatic rings. The van der Waals surface area contributed by atoms with E-state index in [1.54, 1.807) is 54.6 Å². The second-order valence-corrected chi connectivity index (χ2v) is 9.07. The van der Waals surface area contributed by atoms with E-state index < -0.39 is 6.03 Å². The van der Waals surface area contributed by atoms with Crippen LogP contribution < -0.4 is 15.4 Å². The normalized spacial score (nSPS) is 12.7. The minimum atomic E-state index is -0.430. The van der Waals surface area contributed by atoms with Crippen molar-refractivity contribution in [3.8, 4) is 22.8 Å². The van der Waals surface area contributed by atoms with Crippen molar-refractivity contribution < 1.29 is 23.8 Å². The summed E-state index contributed by atoms with van der Waals surface area (Å²) < 4.78 is 20.2. The second-order valence-electron chi connectivity index (χ2n) is 9.07. The summed E-state index contributed by atoms with van der Waals surface area (Å²) in [5, 5.41) is 20.8. The van der Waals surface area contributed by atoms with Crippen molar-refractivity contribution in [1.82, 2.24) is 15.1 Å². The molecule has 1 aromatic heterocycles. The molecule has 3 aromatic carbocycles. The van der Waals surface area contributed by atoms with Gasteiger partial charge in [0.1, 0.15) is 17.3 Å². The Hall–Kier alpha value is -4.66. The molecule has 1 saturated carbocycles. The summed E-state index contributed by atoms with van der Waals surface area (Å²) in [4.78, 5) is 25.6. The lowest BCUT2D eigenvalue weighted by molar-refractivity contribution is 0.102. The van der Waals surface area contributed by atoms with Crippen LogP contribution in [0.2, 0.25) is 0 Å². The molecule has 8 nitrogen and oxygen atoms in total. The Balaban J connectivity index is 1.31. The number of hydrogen-bond acceptors (Lipinski definition) is 5. The molecule has 0 radical (unpaired) electrons. The van der Waals surface area contributed by atoms with Crippen LogP contribution >= 0.6 is 0 Å². The first kappa shape index (κ1) is 25.0. The van der Waals surface area contributed by atoms with E-state index in [0.717, 1.165) is 18.5 Å². The second kappa shape index (κ2) is 10.8. The molecule has 0 atom stereocenters. The van der Waals surface area contributed by atoms with Crippen molar-refractivity contribution in [3.63, 3.8) is 0 Å². The number of nitrogens with one attached hydrogen (secondary N) is 2. The summed E-state index contributed by atoms with van der Waals surface area (Å²) in [7, 11) is 0. The molecule has 194 valence electrons. The summed E-state index contributed by atoms with van der Waals surface area (Å²) in [6.07, 6.45) is 1.90. The fourth-order valence-electron chi connectivity index (χ4n) is 4.16. The van der Waals surface area contributed by atoms with Crippen LogP contribution in [0.5, 0.6) is 11.5 Å². The van der Waals surface area contributed by atoms with Crippen LogP contribution in [-0.2, 0) is 6.54 Å². The fourth-order valence-corrected chi connectivity index (χ4v) is 4.16. The quantitative estimate of drug-likeness (QED) is 0.281. The third-order valence-corrected chi connectivity index (χ3v) is 6.22. The number of carbonyl (C=O) groups is 2. The number of halogens is 1. The Labute approximate surface area is 219 Å². The number of hydrogen-bond donors (Lipinski definition) is 3. The van der Waals surface area contributed by atoms with Gasteiger partial charge in [-0.1, -0.05) is 12.1 Å². The molecule has 1 aliphatic carbocycles. The van der Waals surface area contributed by atoms with Crippen LogP contribution in [0.15, 0.2) is 72.8 Å². The van der Waals surface area contributed by atoms with Crippen molar-refractivity contribution in [3.05, 3.63) is 95.4 Å². The molecule has 2 amide bonds. The van der Waals surface area contributed by atoms with Gasteiger partial charge in [-0.05, 0) is 79.9 Å². The molecule has 4 aromatic rings. The van der Waals surface area contributed by atoms with Gasteiger partial charge in [-0.15, -0.1) is 0 Å². The van der Waals surface area contributed by atoms with E-state index in [9.17, 15) is 19.1 Å². The van der Waals surface area contributed by atoms with Crippen molar-refractivity contribution in [1.29, 1.82) is 0 Å². The Kier molecular flexibility index (Phi) is 7.08. The molecule has 0 unspecified atom stereocenters. The monoisotopic (exact) mass is 514 g/mol. The smallest absolute Gasteiger partial charge is 0.342 e. The number of aromatic nitrogens is 2. The highest BCUT2D eigenvalue weighted by molar-refractivity contribution is 6.04. The molecule has 9 heteroatoms. The third kappa shape index (κ3) is 5.67. The van der Waals surface area contributed by atoms with Crippen molar-refractivity contribution in [2.24, 2.45) is 0 Å². The highest BCUT2D eigenvalue weighted by atomic mass is 19.1. The van der Waals surface area contributed by atoms with Gasteiger partial charge in [0.2, 0.25) is 0 Å². The molecule has 0 aliphatic heterocycles. The Morgan fingerprint density at radius 3 is 2.55 bits per heavy atom. The number of benzene rings is 3. The van der Waals surface area contributed by atoms with Crippen LogP contribution in [-0.4, -0.2) is 33.4 Å². The lowest BCUT2D eigenvalue weighted by Gasteiger charge is -2.09. The maximum atomic E-state index is 13.5. The number of amides is 2. The Bertz CT molecular complexity index is 1480. The highest BCUT2D eigenvalue weighted by Gasteiger charge is 2.30. The molecule has 0 spiro atoms. The number of rotatable bonds is 8. The van der Waals surface area contributed by atoms with Crippen LogP contribution in [0, 0.1) is 5.82 Å². The van der Waals surface area contributed by atoms with Gasteiger partial charge in [0.15, 0.2) is 0 Å². The van der Waals surface area contributed by atoms with E-state index in [4.69, 9.17) is 4.74 Å². The number of anilines is 1. The number of carbonyl (C=O) groups excluding carboxylic acids is 2. The molecule has 1 heterocycles. The van der Waals surface area contributed by atoms with Crippen LogP contribution in [0.4, 0.5) is 14.9 Å². The number of nitrogens with zero attached hydrogens (tertiary/aromatic N) is 2. The summed E-state index contributed by atoms with van der Waals surface area (Å²) >= 11 is 0. The molecule has 38 heavy (non-hydrogen) atoms. The fraction of sp³-hybridized carbons (Fsp3) is 0.207. The number of ether oxygens (including phenoxy) is 1. The summed E-state index contributed by atoms with van der Waals surface area (Å²) in [5.41, 5.74) is 3.13. The molecule has 0 bridgehead atoms. The summed E-state index contributed by atoms with van der Waals surface area (Å²) in [6.45, 7) is 2.58. The molecular formula is C29H27FN4O4. The highest BCUT2D eigenvalue weighted by Crippen LogP contribution is 2.42. The predicted molar refractivity (Wildman–Crippen MR) is 141 cm³/mol. The zero-order valence-corrected chi connectivity index (χ0v) is 20.8. The van der Waals surface area contributed by atoms with Gasteiger partial charge in [0.25, 0.3) is 5.91 Å². The topological polar surface area (TPSA) is 105 Å². The molecule has 1 fully saturated rings. The van der Waals surface area contributed by atoms with Gasteiger partial charge in [0.05, 0.1) is 18.0 Å². The van der Waals surface area contributed by atoms with Gasteiger partial charge in [0, 0.05) is 35.3 Å². The van der Waals surface area contributed by atoms with Crippen molar-refractivity contribution in [2.45, 2.75) is 32.2 Å². The number of aromatic hydroxyl groups is 1. The zero-order valence-electron chi connectivity index (χ0n) is 20.8. The van der Waals surface area contributed by atoms with E-state index in [2.05, 4.69) is 15.7 Å². The summed E-state index contributed by atoms with van der Waals surface area (Å²) in [6, 6.07) is 18.9. The standard InChI is InChI=1S/C29H27FN4O4/c1-2-38-23-11-8-20(9-12-23)28(36)32-22-10-13-24(27(35)15-22)25-16-26(19-6-7-19)34(33-25)29(37)31-17-18-4-3-5-21(30)14-18/h3-5,8-16,19,35H,2,6-7,17H2,1H3,(H,31,37)(H,32,36). The molecule has 5 rings (SSSR count). The predicted octanol–water partition coefficient (Wildman–Crippen LogP) is 5.68. The van der Waals surface area contributed by atoms with E-state index in [0.29, 0.717) is 40.4 Å². The Morgan fingerprint density at radius 2 is 1.87 bits per heavy atom. The van der Waals surface area contributed by atoms with Gasteiger partial charge >= 0.3 is 6.03 Å². The first-order chi connectivity index (χ1) is 18.4. The maximum Gasteiger partial charge on any atom is 0.342 e. The van der Waals surface area contributed by atoms with Gasteiger partial charge < -0.3 is 20.5 Å². The van der Waals surface area contributed by atoms with Crippen LogP contribution in [0.25, 0.3) is 11.3 Å². The maximum absolute atomic E-state index is 13.5. The van der Waals surface area contributed by atoms with E-state index in [1.165, 1.54) is 22.9 Å². The van der Waals surface area contributed by atoms with Gasteiger partial charge in [-0.2, -0.15) is 9.78 Å². The number of phenols is 1. The zero-order chi connectivity index (χ0) is 26.6. The van der Waals surface area contributed by atoms with Crippen molar-refractivity contribution >= 4 is 17.6 Å². The van der Waals surface area contributed by atoms with E-state index in [-0.39, 0.29) is 29.9 Å². The number of phenolic OH excluding ortho intramolecular Hbond substituents is 1. The average Bonchev–Trinajstić information content (AvgIpc) is 3.66. The molecule has 3 N–H and O–H groups in total. The Morgan fingerprint density at radius 1 is 1.08 bits per heavy atom. The first-order valence-electron chi connectivity index (χ1n) is 12.4. The SMILES string of the molecule is CCOc1ccc(C(=O)Nc2ccc(-c3cc(C4CC4)n(C(=O)NCc4cccc(F)c4)n3)c(O)c2)cc1. The van der Waals surface area contributed by atoms with Gasteiger partial charge in [-0.3, -0.25) is 4.79 Å². The molecular weight excluding hydrogens is 487 g/mol. The average molecular weight is 515 g/mol. The first-order valence-corrected chi connectivity index (χ1v) is 12.4. The van der Waals surface area contributed by atoms with E-state index >= 15 is 0 Å². The van der Waals surface area contributed by atoms with Gasteiger partial charge in [-0.25, -0.2) is 9.18 Å². The minimum Gasteiger partial charge on any atom is -0.507 e. The van der Waals surface area contributed by atoms with Crippen LogP contribution in [0.3, 0.4) is 0 Å². The molecule has 0 saturated heterocycles. The van der Waals surface area contributed by atoms with Crippen molar-refractivity contribution in [2.75, 3.05) is 11.9 Å². The summed E-state index contributed by atoms with van der Waals surface area (Å²) in [5.74, 6) is 0.119. The van der Waals surface area contributed by atoms with Crippen LogP contribution in [0.1, 0.15) is 47.3 Å². The largest absolute Gasteiger partial charge is 0.507 e.